The van der Waals surface area contributed by atoms with Gasteiger partial charge in [-0.2, -0.15) is 0 Å². The van der Waals surface area contributed by atoms with Crippen molar-refractivity contribution in [1.29, 1.82) is 0 Å². The number of methoxy groups -OCH3 is 1. The molecule has 1 heterocycles. The lowest BCUT2D eigenvalue weighted by atomic mass is 10.1. The lowest BCUT2D eigenvalue weighted by molar-refractivity contribution is -0.137. The molecule has 7 nitrogen and oxygen atoms in total. The van der Waals surface area contributed by atoms with Crippen LogP contribution in [0, 0.1) is 0 Å². The van der Waals surface area contributed by atoms with Crippen molar-refractivity contribution in [3.8, 4) is 0 Å². The van der Waals surface area contributed by atoms with Crippen LogP contribution in [-0.4, -0.2) is 79.5 Å². The second kappa shape index (κ2) is 8.76. The van der Waals surface area contributed by atoms with Crippen LogP contribution >= 0.6 is 0 Å². The Hall–Kier alpha value is -1.34. The minimum atomic E-state index is -1.02. The number of carboxylic acids is 1. The number of nitrogens with zero attached hydrogens (tertiary/aromatic N) is 2. The second-order valence-electron chi connectivity index (χ2n) is 4.76. The summed E-state index contributed by atoms with van der Waals surface area (Å²) in [6, 6.07) is -0.256. The Balaban J connectivity index is 2.59. The van der Waals surface area contributed by atoms with Crippen molar-refractivity contribution in [1.82, 2.24) is 9.80 Å². The number of rotatable bonds is 7. The second-order valence-corrected chi connectivity index (χ2v) is 4.76. The van der Waals surface area contributed by atoms with Crippen molar-refractivity contribution >= 4 is 12.0 Å². The van der Waals surface area contributed by atoms with Gasteiger partial charge >= 0.3 is 12.0 Å². The highest BCUT2D eigenvalue weighted by Gasteiger charge is 2.28. The predicted octanol–water partition coefficient (Wildman–Crippen LogP) is 0.640. The van der Waals surface area contributed by atoms with Crippen molar-refractivity contribution in [2.45, 2.75) is 25.9 Å². The van der Waals surface area contributed by atoms with Crippen LogP contribution in [0.3, 0.4) is 0 Å². The summed E-state index contributed by atoms with van der Waals surface area (Å²) < 4.78 is 10.5. The normalized spacial score (nSPS) is 18.9. The van der Waals surface area contributed by atoms with Crippen LogP contribution in [0.15, 0.2) is 0 Å². The maximum absolute atomic E-state index is 12.4. The zero-order valence-electron chi connectivity index (χ0n) is 12.2. The quantitative estimate of drug-likeness (QED) is 0.743. The number of ether oxygens (including phenoxy) is 2. The SMILES string of the molecule is CCOC1CCCN(C(=O)N(CCOC)CC(=O)O)C1. The van der Waals surface area contributed by atoms with E-state index in [2.05, 4.69) is 0 Å². The molecule has 0 aromatic rings. The highest BCUT2D eigenvalue weighted by Crippen LogP contribution is 2.15. The van der Waals surface area contributed by atoms with E-state index < -0.39 is 5.97 Å². The Bertz CT molecular complexity index is 322. The molecule has 0 aromatic carbocycles. The van der Waals surface area contributed by atoms with Crippen molar-refractivity contribution in [3.05, 3.63) is 0 Å². The summed E-state index contributed by atoms with van der Waals surface area (Å²) in [4.78, 5) is 26.2. The summed E-state index contributed by atoms with van der Waals surface area (Å²) in [6.07, 6.45) is 1.86. The standard InChI is InChI=1S/C13H24N2O5/c1-3-20-11-5-4-6-14(9-11)13(18)15(7-8-19-2)10-12(16)17/h11H,3-10H2,1-2H3,(H,16,17). The number of carbonyl (C=O) groups excluding carboxylic acids is 1. The molecule has 1 N–H and O–H groups in total. The van der Waals surface area contributed by atoms with Crippen LogP contribution < -0.4 is 0 Å². The van der Waals surface area contributed by atoms with Gasteiger partial charge in [0.15, 0.2) is 0 Å². The van der Waals surface area contributed by atoms with E-state index in [1.807, 2.05) is 6.92 Å². The first-order valence-electron chi connectivity index (χ1n) is 6.94. The Morgan fingerprint density at radius 3 is 2.80 bits per heavy atom. The van der Waals surface area contributed by atoms with Crippen molar-refractivity contribution < 1.29 is 24.2 Å². The minimum absolute atomic E-state index is 0.0480. The van der Waals surface area contributed by atoms with Gasteiger partial charge in [-0.1, -0.05) is 0 Å². The molecule has 1 aliphatic rings. The minimum Gasteiger partial charge on any atom is -0.480 e. The number of carboxylic acid groups (broad SMARTS) is 1. The zero-order valence-corrected chi connectivity index (χ0v) is 12.2. The van der Waals surface area contributed by atoms with Gasteiger partial charge in [0.1, 0.15) is 6.54 Å². The maximum atomic E-state index is 12.4. The van der Waals surface area contributed by atoms with Crippen LogP contribution in [0.5, 0.6) is 0 Å². The van der Waals surface area contributed by atoms with E-state index in [0.717, 1.165) is 12.8 Å². The summed E-state index contributed by atoms with van der Waals surface area (Å²) in [6.45, 7) is 4.00. The van der Waals surface area contributed by atoms with Crippen LogP contribution in [0.1, 0.15) is 19.8 Å². The molecular formula is C13H24N2O5. The van der Waals surface area contributed by atoms with Crippen molar-refractivity contribution in [3.63, 3.8) is 0 Å². The molecule has 1 rings (SSSR count). The van der Waals surface area contributed by atoms with Crippen LogP contribution in [0.2, 0.25) is 0 Å². The molecule has 2 amide bonds. The molecule has 1 fully saturated rings. The third kappa shape index (κ3) is 5.34. The third-order valence-electron chi connectivity index (χ3n) is 3.21. The monoisotopic (exact) mass is 288 g/mol. The molecule has 0 aromatic heterocycles. The fourth-order valence-electron chi connectivity index (χ4n) is 2.29. The predicted molar refractivity (Wildman–Crippen MR) is 72.7 cm³/mol. The Morgan fingerprint density at radius 1 is 1.45 bits per heavy atom. The van der Waals surface area contributed by atoms with E-state index >= 15 is 0 Å². The van der Waals surface area contributed by atoms with Gasteiger partial charge in [-0.25, -0.2) is 4.79 Å². The number of likely N-dealkylation sites (tertiary alicyclic amines) is 1. The molecule has 116 valence electrons. The average Bonchev–Trinajstić information content (AvgIpc) is 2.43. The zero-order chi connectivity index (χ0) is 15.0. The first kappa shape index (κ1) is 16.7. The number of hydrogen-bond acceptors (Lipinski definition) is 4. The van der Waals surface area contributed by atoms with E-state index in [4.69, 9.17) is 14.6 Å². The van der Waals surface area contributed by atoms with Gasteiger partial charge in [0, 0.05) is 33.4 Å². The number of urea groups is 1. The molecule has 1 unspecified atom stereocenters. The Morgan fingerprint density at radius 2 is 2.20 bits per heavy atom. The first-order chi connectivity index (χ1) is 9.58. The molecule has 7 heteroatoms. The smallest absolute Gasteiger partial charge is 0.323 e. The number of piperidine rings is 1. The molecule has 0 saturated carbocycles. The molecule has 0 spiro atoms. The Kier molecular flexibility index (Phi) is 7.32. The van der Waals surface area contributed by atoms with Crippen LogP contribution in [0.25, 0.3) is 0 Å². The van der Waals surface area contributed by atoms with Crippen LogP contribution in [-0.2, 0) is 14.3 Å². The van der Waals surface area contributed by atoms with E-state index in [0.29, 0.717) is 26.3 Å². The largest absolute Gasteiger partial charge is 0.480 e. The van der Waals surface area contributed by atoms with E-state index in [1.165, 1.54) is 12.0 Å². The van der Waals surface area contributed by atoms with E-state index in [1.54, 1.807) is 4.90 Å². The molecule has 1 saturated heterocycles. The summed E-state index contributed by atoms with van der Waals surface area (Å²) in [5, 5.41) is 8.89. The molecule has 0 radical (unpaired) electrons. The third-order valence-corrected chi connectivity index (χ3v) is 3.21. The highest BCUT2D eigenvalue weighted by molar-refractivity contribution is 5.80. The van der Waals surface area contributed by atoms with Gasteiger partial charge in [0.25, 0.3) is 0 Å². The summed E-state index contributed by atoms with van der Waals surface area (Å²) in [5.74, 6) is -1.02. The van der Waals surface area contributed by atoms with Gasteiger partial charge in [-0.15, -0.1) is 0 Å². The fourth-order valence-corrected chi connectivity index (χ4v) is 2.29. The molecule has 1 atom stereocenters. The van der Waals surface area contributed by atoms with Crippen molar-refractivity contribution in [2.24, 2.45) is 0 Å². The highest BCUT2D eigenvalue weighted by atomic mass is 16.5. The molecule has 0 bridgehead atoms. The summed E-state index contributed by atoms with van der Waals surface area (Å²) in [7, 11) is 1.52. The molecule has 1 aliphatic heterocycles. The van der Waals surface area contributed by atoms with Crippen LogP contribution in [0.4, 0.5) is 4.79 Å². The fraction of sp³-hybridized carbons (Fsp3) is 0.846. The number of aliphatic carboxylic acids is 1. The first-order valence-corrected chi connectivity index (χ1v) is 6.94. The van der Waals surface area contributed by atoms with E-state index in [-0.39, 0.29) is 25.2 Å². The lowest BCUT2D eigenvalue weighted by Gasteiger charge is -2.35. The summed E-state index contributed by atoms with van der Waals surface area (Å²) in [5.41, 5.74) is 0. The average molecular weight is 288 g/mol. The van der Waals surface area contributed by atoms with E-state index in [9.17, 15) is 9.59 Å². The maximum Gasteiger partial charge on any atom is 0.323 e. The number of amides is 2. The summed E-state index contributed by atoms with van der Waals surface area (Å²) >= 11 is 0. The molecule has 20 heavy (non-hydrogen) atoms. The van der Waals surface area contributed by atoms with Gasteiger partial charge in [0.05, 0.1) is 12.7 Å². The van der Waals surface area contributed by atoms with Gasteiger partial charge in [-0.05, 0) is 19.8 Å². The number of carbonyl (C=O) groups is 2. The van der Waals surface area contributed by atoms with Gasteiger partial charge < -0.3 is 24.4 Å². The van der Waals surface area contributed by atoms with Gasteiger partial charge in [0.2, 0.25) is 0 Å². The number of hydrogen-bond donors (Lipinski definition) is 1. The topological polar surface area (TPSA) is 79.3 Å². The van der Waals surface area contributed by atoms with Gasteiger partial charge in [-0.3, -0.25) is 4.79 Å². The molecular weight excluding hydrogens is 264 g/mol. The Labute approximate surface area is 119 Å². The molecule has 0 aliphatic carbocycles. The lowest BCUT2D eigenvalue weighted by Crippen LogP contribution is -2.51. The van der Waals surface area contributed by atoms with Crippen molar-refractivity contribution in [2.75, 3.05) is 46.5 Å².